The minimum Gasteiger partial charge on any atom is -0.329 e. The number of rotatable bonds is 3. The number of nitrogens with zero attached hydrogens (tertiary/aromatic N) is 1. The van der Waals surface area contributed by atoms with Crippen LogP contribution in [-0.2, 0) is 11.3 Å². The first-order chi connectivity index (χ1) is 10.6. The predicted octanol–water partition coefficient (Wildman–Crippen LogP) is 4.28. The summed E-state index contributed by atoms with van der Waals surface area (Å²) in [5.41, 5.74) is 3.01. The van der Waals surface area contributed by atoms with Crippen molar-refractivity contribution in [2.24, 2.45) is 0 Å². The van der Waals surface area contributed by atoms with Gasteiger partial charge in [-0.05, 0) is 31.1 Å². The zero-order valence-electron chi connectivity index (χ0n) is 13.1. The van der Waals surface area contributed by atoms with Gasteiger partial charge in [-0.15, -0.1) is 0 Å². The number of hydrogen-bond donors (Lipinski definition) is 0. The molecule has 0 atom stereocenters. The van der Waals surface area contributed by atoms with Crippen LogP contribution in [-0.4, -0.2) is 16.3 Å². The lowest BCUT2D eigenvalue weighted by atomic mass is 9.98. The molecule has 112 valence electrons. The van der Waals surface area contributed by atoms with Crippen molar-refractivity contribution in [3.05, 3.63) is 77.4 Å². The van der Waals surface area contributed by atoms with E-state index in [0.29, 0.717) is 6.54 Å². The molecule has 1 aliphatic heterocycles. The number of amides is 1. The smallest absolute Gasteiger partial charge is 0.250 e. The fraction of sp³-hybridized carbons (Fsp3) is 0.250. The van der Waals surface area contributed by atoms with E-state index < -0.39 is 0 Å². The van der Waals surface area contributed by atoms with Gasteiger partial charge in [0.25, 0.3) is 5.91 Å². The molecular weight excluding hydrogens is 270 g/mol. The van der Waals surface area contributed by atoms with Crippen LogP contribution >= 0.6 is 0 Å². The Kier molecular flexibility index (Phi) is 3.84. The van der Waals surface area contributed by atoms with E-state index in [9.17, 15) is 4.79 Å². The van der Waals surface area contributed by atoms with Gasteiger partial charge >= 0.3 is 0 Å². The van der Waals surface area contributed by atoms with Gasteiger partial charge in [0.2, 0.25) is 0 Å². The maximum Gasteiger partial charge on any atom is 0.250 e. The van der Waals surface area contributed by atoms with Gasteiger partial charge in [0.1, 0.15) is 0 Å². The van der Waals surface area contributed by atoms with Crippen LogP contribution in [0.5, 0.6) is 0 Å². The van der Waals surface area contributed by atoms with Crippen molar-refractivity contribution in [1.82, 2.24) is 4.90 Å². The highest BCUT2D eigenvalue weighted by atomic mass is 16.2. The molecule has 2 nitrogen and oxygen atoms in total. The zero-order valence-corrected chi connectivity index (χ0v) is 13.1. The number of carbonyl (C=O) groups is 1. The van der Waals surface area contributed by atoms with E-state index in [2.05, 4.69) is 26.0 Å². The summed E-state index contributed by atoms with van der Waals surface area (Å²) in [5, 5.41) is 0. The third kappa shape index (κ3) is 2.96. The van der Waals surface area contributed by atoms with Crippen LogP contribution < -0.4 is 0 Å². The fourth-order valence-corrected chi connectivity index (χ4v) is 3.00. The first-order valence-electron chi connectivity index (χ1n) is 7.68. The van der Waals surface area contributed by atoms with E-state index >= 15 is 0 Å². The van der Waals surface area contributed by atoms with Crippen LogP contribution in [0.15, 0.2) is 66.2 Å². The second-order valence-corrected chi connectivity index (χ2v) is 6.45. The minimum atomic E-state index is -0.145. The summed E-state index contributed by atoms with van der Waals surface area (Å²) in [6.07, 6.45) is 2.81. The van der Waals surface area contributed by atoms with E-state index in [1.54, 1.807) is 0 Å². The molecule has 0 unspecified atom stereocenters. The van der Waals surface area contributed by atoms with Crippen LogP contribution in [0, 0.1) is 0 Å². The van der Waals surface area contributed by atoms with Crippen molar-refractivity contribution in [2.45, 2.75) is 32.4 Å². The van der Waals surface area contributed by atoms with Gasteiger partial charge in [0, 0.05) is 24.1 Å². The Hall–Kier alpha value is -2.35. The fourth-order valence-electron chi connectivity index (χ4n) is 3.00. The van der Waals surface area contributed by atoms with Crippen molar-refractivity contribution in [3.63, 3.8) is 0 Å². The van der Waals surface area contributed by atoms with Crippen LogP contribution in [0.2, 0.25) is 0 Å². The second kappa shape index (κ2) is 5.80. The van der Waals surface area contributed by atoms with Crippen LogP contribution in [0.4, 0.5) is 0 Å². The van der Waals surface area contributed by atoms with Crippen LogP contribution in [0.3, 0.4) is 0 Å². The van der Waals surface area contributed by atoms with Gasteiger partial charge in [-0.1, -0.05) is 60.7 Å². The van der Waals surface area contributed by atoms with E-state index in [0.717, 1.165) is 17.6 Å². The molecule has 1 amide bonds. The Balaban J connectivity index is 1.86. The summed E-state index contributed by atoms with van der Waals surface area (Å²) in [5.74, 6) is 0.151. The van der Waals surface area contributed by atoms with Gasteiger partial charge in [0.05, 0.1) is 0 Å². The highest BCUT2D eigenvalue weighted by Gasteiger charge is 2.40. The lowest BCUT2D eigenvalue weighted by Gasteiger charge is -2.31. The van der Waals surface area contributed by atoms with Gasteiger partial charge < -0.3 is 4.90 Å². The molecule has 0 N–H and O–H groups in total. The summed E-state index contributed by atoms with van der Waals surface area (Å²) >= 11 is 0. The van der Waals surface area contributed by atoms with Gasteiger partial charge in [-0.2, -0.15) is 0 Å². The summed E-state index contributed by atoms with van der Waals surface area (Å²) < 4.78 is 0. The van der Waals surface area contributed by atoms with Gasteiger partial charge in [-0.25, -0.2) is 0 Å². The van der Waals surface area contributed by atoms with Crippen LogP contribution in [0.1, 0.15) is 31.4 Å². The predicted molar refractivity (Wildman–Crippen MR) is 90.1 cm³/mol. The van der Waals surface area contributed by atoms with Crippen LogP contribution in [0.25, 0.3) is 6.08 Å². The Morgan fingerprint density at radius 2 is 1.59 bits per heavy atom. The van der Waals surface area contributed by atoms with E-state index in [4.69, 9.17) is 0 Å². The molecule has 2 aromatic rings. The highest BCUT2D eigenvalue weighted by molar-refractivity contribution is 6.00. The van der Waals surface area contributed by atoms with Crippen molar-refractivity contribution in [3.8, 4) is 0 Å². The summed E-state index contributed by atoms with van der Waals surface area (Å²) in [6.45, 7) is 4.94. The standard InChI is InChI=1S/C20H21NO/c1-20(2)14-18(13-16-9-5-3-6-10-16)19(22)21(20)15-17-11-7-4-8-12-17/h3-13H,14-15H2,1-2H3/b18-13+. The topological polar surface area (TPSA) is 20.3 Å². The SMILES string of the molecule is CC1(C)C/C(=C\c2ccccc2)C(=O)N1Cc1ccccc1. The molecule has 1 heterocycles. The van der Waals surface area contributed by atoms with Gasteiger partial charge in [0.15, 0.2) is 0 Å². The molecule has 2 aromatic carbocycles. The molecule has 0 saturated carbocycles. The average Bonchev–Trinajstić information content (AvgIpc) is 2.72. The summed E-state index contributed by atoms with van der Waals surface area (Å²) in [7, 11) is 0. The van der Waals surface area contributed by atoms with E-state index in [1.165, 1.54) is 5.56 Å². The number of benzene rings is 2. The molecule has 2 heteroatoms. The second-order valence-electron chi connectivity index (χ2n) is 6.45. The lowest BCUT2D eigenvalue weighted by Crippen LogP contribution is -2.40. The van der Waals surface area contributed by atoms with Crippen molar-refractivity contribution in [2.75, 3.05) is 0 Å². The molecule has 1 aliphatic rings. The maximum absolute atomic E-state index is 12.8. The Labute approximate surface area is 132 Å². The third-order valence-electron chi connectivity index (χ3n) is 4.20. The van der Waals surface area contributed by atoms with E-state index in [-0.39, 0.29) is 11.4 Å². The summed E-state index contributed by atoms with van der Waals surface area (Å²) in [4.78, 5) is 14.8. The molecular formula is C20H21NO. The van der Waals surface area contributed by atoms with Crippen molar-refractivity contribution < 1.29 is 4.79 Å². The molecule has 0 aliphatic carbocycles. The first-order valence-corrected chi connectivity index (χ1v) is 7.68. The molecule has 0 radical (unpaired) electrons. The van der Waals surface area contributed by atoms with Crippen molar-refractivity contribution >= 4 is 12.0 Å². The average molecular weight is 291 g/mol. The van der Waals surface area contributed by atoms with Crippen molar-refractivity contribution in [1.29, 1.82) is 0 Å². The largest absolute Gasteiger partial charge is 0.329 e. The molecule has 0 spiro atoms. The Morgan fingerprint density at radius 1 is 1.00 bits per heavy atom. The number of hydrogen-bond acceptors (Lipinski definition) is 1. The zero-order chi connectivity index (χ0) is 15.6. The molecule has 0 bridgehead atoms. The molecule has 1 fully saturated rings. The minimum absolute atomic E-state index is 0.145. The normalized spacial score (nSPS) is 18.9. The number of carbonyl (C=O) groups excluding carboxylic acids is 1. The highest BCUT2D eigenvalue weighted by Crippen LogP contribution is 2.35. The maximum atomic E-state index is 12.8. The number of likely N-dealkylation sites (tertiary alicyclic amines) is 1. The quantitative estimate of drug-likeness (QED) is 0.773. The monoisotopic (exact) mass is 291 g/mol. The molecule has 1 saturated heterocycles. The van der Waals surface area contributed by atoms with Gasteiger partial charge in [-0.3, -0.25) is 4.79 Å². The Morgan fingerprint density at radius 3 is 2.23 bits per heavy atom. The molecule has 22 heavy (non-hydrogen) atoms. The Bertz CT molecular complexity index is 686. The van der Waals surface area contributed by atoms with E-state index in [1.807, 2.05) is 59.5 Å². The molecule has 0 aromatic heterocycles. The summed E-state index contributed by atoms with van der Waals surface area (Å²) in [6, 6.07) is 20.2. The lowest BCUT2D eigenvalue weighted by molar-refractivity contribution is -0.128. The molecule has 3 rings (SSSR count). The first kappa shape index (κ1) is 14.6. The third-order valence-corrected chi connectivity index (χ3v) is 4.20.